The van der Waals surface area contributed by atoms with Crippen molar-refractivity contribution in [3.8, 4) is 0 Å². The van der Waals surface area contributed by atoms with Crippen LogP contribution in [0.2, 0.25) is 5.02 Å². The van der Waals surface area contributed by atoms with Crippen LogP contribution < -0.4 is 5.73 Å². The van der Waals surface area contributed by atoms with Gasteiger partial charge in [-0.1, -0.05) is 11.6 Å². The summed E-state index contributed by atoms with van der Waals surface area (Å²) in [5.41, 5.74) is 4.61. The van der Waals surface area contributed by atoms with Gasteiger partial charge in [-0.15, -0.1) is 12.4 Å². The average Bonchev–Trinajstić information content (AvgIpc) is 3.02. The zero-order valence-electron chi connectivity index (χ0n) is 9.10. The fourth-order valence-electron chi connectivity index (χ4n) is 1.73. The fraction of sp³-hybridized carbons (Fsp3) is 0.455. The third kappa shape index (κ3) is 3.08. The van der Waals surface area contributed by atoms with E-state index in [0.29, 0.717) is 6.07 Å². The van der Waals surface area contributed by atoms with E-state index in [1.807, 2.05) is 0 Å². The van der Waals surface area contributed by atoms with Gasteiger partial charge in [0, 0.05) is 11.6 Å². The number of hydrogen-bond donors (Lipinski definition) is 1. The lowest BCUT2D eigenvalue weighted by Gasteiger charge is -2.16. The van der Waals surface area contributed by atoms with Crippen molar-refractivity contribution < 1.29 is 17.6 Å². The summed E-state index contributed by atoms with van der Waals surface area (Å²) in [6, 6.07) is 0.624. The van der Waals surface area contributed by atoms with E-state index < -0.39 is 28.6 Å². The minimum atomic E-state index is -4.55. The van der Waals surface area contributed by atoms with Gasteiger partial charge in [-0.25, -0.2) is 4.39 Å². The molecule has 0 unspecified atom stereocenters. The van der Waals surface area contributed by atoms with Crippen molar-refractivity contribution in [1.82, 2.24) is 0 Å². The highest BCUT2D eigenvalue weighted by atomic mass is 35.5. The smallest absolute Gasteiger partial charge is 0.324 e. The van der Waals surface area contributed by atoms with Gasteiger partial charge < -0.3 is 5.73 Å². The maximum absolute atomic E-state index is 13.6. The van der Waals surface area contributed by atoms with Crippen molar-refractivity contribution in [3.05, 3.63) is 34.1 Å². The standard InChI is InChI=1S/C11H10ClF4N.ClH/c12-8-4-6(11(14,15)16)3-7(9(8)13)10(17)5-1-2-5;/h3-5,10H,1-2,17H2;1H/t10-;/m1./s1. The number of alkyl halides is 3. The average molecular weight is 304 g/mol. The molecule has 2 rings (SSSR count). The lowest BCUT2D eigenvalue weighted by molar-refractivity contribution is -0.137. The van der Waals surface area contributed by atoms with Gasteiger partial charge in [-0.2, -0.15) is 13.2 Å². The van der Waals surface area contributed by atoms with Crippen LogP contribution in [0.25, 0.3) is 0 Å². The molecule has 0 aromatic heterocycles. The minimum Gasteiger partial charge on any atom is -0.324 e. The molecule has 0 bridgehead atoms. The Hall–Kier alpha value is -0.520. The molecule has 1 aliphatic carbocycles. The number of hydrogen-bond acceptors (Lipinski definition) is 1. The van der Waals surface area contributed by atoms with Gasteiger partial charge >= 0.3 is 6.18 Å². The lowest BCUT2D eigenvalue weighted by atomic mass is 10.00. The summed E-state index contributed by atoms with van der Waals surface area (Å²) in [5.74, 6) is -0.789. The molecule has 1 aliphatic rings. The molecular weight excluding hydrogens is 293 g/mol. The van der Waals surface area contributed by atoms with E-state index in [1.54, 1.807) is 0 Å². The van der Waals surface area contributed by atoms with E-state index in [4.69, 9.17) is 17.3 Å². The molecule has 18 heavy (non-hydrogen) atoms. The molecule has 0 aliphatic heterocycles. The van der Waals surface area contributed by atoms with Crippen LogP contribution >= 0.6 is 24.0 Å². The highest BCUT2D eigenvalue weighted by Crippen LogP contribution is 2.42. The molecule has 1 nitrogen and oxygen atoms in total. The number of halogens is 6. The molecule has 1 aromatic carbocycles. The van der Waals surface area contributed by atoms with E-state index in [1.165, 1.54) is 0 Å². The largest absolute Gasteiger partial charge is 0.416 e. The van der Waals surface area contributed by atoms with Crippen molar-refractivity contribution in [3.63, 3.8) is 0 Å². The Morgan fingerprint density at radius 2 is 1.83 bits per heavy atom. The molecule has 0 radical (unpaired) electrons. The van der Waals surface area contributed by atoms with Gasteiger partial charge in [0.05, 0.1) is 10.6 Å². The molecule has 0 heterocycles. The maximum atomic E-state index is 13.6. The normalized spacial score (nSPS) is 17.2. The summed E-state index contributed by atoms with van der Waals surface area (Å²) in [4.78, 5) is 0. The van der Waals surface area contributed by atoms with Gasteiger partial charge in [0.15, 0.2) is 0 Å². The van der Waals surface area contributed by atoms with Crippen molar-refractivity contribution in [2.45, 2.75) is 25.1 Å². The molecule has 1 fully saturated rings. The van der Waals surface area contributed by atoms with E-state index in [9.17, 15) is 17.6 Å². The van der Waals surface area contributed by atoms with Gasteiger partial charge in [0.25, 0.3) is 0 Å². The van der Waals surface area contributed by atoms with E-state index in [-0.39, 0.29) is 23.9 Å². The first-order valence-corrected chi connectivity index (χ1v) is 5.50. The molecule has 1 saturated carbocycles. The molecule has 1 aromatic rings. The second kappa shape index (κ2) is 5.23. The lowest BCUT2D eigenvalue weighted by Crippen LogP contribution is -2.16. The van der Waals surface area contributed by atoms with Crippen molar-refractivity contribution in [1.29, 1.82) is 0 Å². The van der Waals surface area contributed by atoms with Crippen LogP contribution in [0, 0.1) is 11.7 Å². The van der Waals surface area contributed by atoms with Crippen molar-refractivity contribution >= 4 is 24.0 Å². The molecule has 1 atom stereocenters. The summed E-state index contributed by atoms with van der Waals surface area (Å²) in [7, 11) is 0. The summed E-state index contributed by atoms with van der Waals surface area (Å²) < 4.78 is 51.2. The Morgan fingerprint density at radius 1 is 1.28 bits per heavy atom. The summed E-state index contributed by atoms with van der Waals surface area (Å²) >= 11 is 5.46. The third-order valence-electron chi connectivity index (χ3n) is 2.87. The molecule has 102 valence electrons. The topological polar surface area (TPSA) is 26.0 Å². The quantitative estimate of drug-likeness (QED) is 0.809. The Labute approximate surface area is 113 Å². The molecular formula is C11H11Cl2F4N. The van der Waals surface area contributed by atoms with Gasteiger partial charge in [0.1, 0.15) is 5.82 Å². The summed E-state index contributed by atoms with van der Waals surface area (Å²) in [6.07, 6.45) is -2.92. The highest BCUT2D eigenvalue weighted by Gasteiger charge is 2.36. The van der Waals surface area contributed by atoms with Crippen LogP contribution in [0.5, 0.6) is 0 Å². The zero-order valence-corrected chi connectivity index (χ0v) is 10.7. The first-order chi connectivity index (χ1) is 7.80. The second-order valence-corrected chi connectivity index (χ2v) is 4.63. The predicted octanol–water partition coefficient (Wildman–Crippen LogP) is 4.33. The van der Waals surface area contributed by atoms with E-state index >= 15 is 0 Å². The summed E-state index contributed by atoms with van der Waals surface area (Å²) in [6.45, 7) is 0. The van der Waals surface area contributed by atoms with Crippen LogP contribution in [-0.4, -0.2) is 0 Å². The van der Waals surface area contributed by atoms with Crippen molar-refractivity contribution in [2.75, 3.05) is 0 Å². The maximum Gasteiger partial charge on any atom is 0.416 e. The summed E-state index contributed by atoms with van der Waals surface area (Å²) in [5, 5.41) is -0.536. The minimum absolute atomic E-state index is 0. The molecule has 2 N–H and O–H groups in total. The fourth-order valence-corrected chi connectivity index (χ4v) is 1.95. The molecule has 0 saturated heterocycles. The third-order valence-corrected chi connectivity index (χ3v) is 3.15. The van der Waals surface area contributed by atoms with Crippen molar-refractivity contribution in [2.24, 2.45) is 11.7 Å². The van der Waals surface area contributed by atoms with Crippen LogP contribution in [-0.2, 0) is 6.18 Å². The number of nitrogens with two attached hydrogens (primary N) is 1. The Kier molecular flexibility index (Phi) is 4.51. The first-order valence-electron chi connectivity index (χ1n) is 5.12. The zero-order chi connectivity index (χ0) is 12.8. The van der Waals surface area contributed by atoms with E-state index in [0.717, 1.165) is 18.9 Å². The SMILES string of the molecule is Cl.N[C@@H](c1cc(C(F)(F)F)cc(Cl)c1F)C1CC1. The van der Waals surface area contributed by atoms with Gasteiger partial charge in [-0.05, 0) is 30.9 Å². The predicted molar refractivity (Wildman–Crippen MR) is 63.3 cm³/mol. The molecule has 0 amide bonds. The van der Waals surface area contributed by atoms with Gasteiger partial charge in [-0.3, -0.25) is 0 Å². The van der Waals surface area contributed by atoms with Crippen LogP contribution in [0.4, 0.5) is 17.6 Å². The van der Waals surface area contributed by atoms with Crippen LogP contribution in [0.1, 0.15) is 30.0 Å². The second-order valence-electron chi connectivity index (χ2n) is 4.22. The van der Waals surface area contributed by atoms with Crippen LogP contribution in [0.15, 0.2) is 12.1 Å². The van der Waals surface area contributed by atoms with Crippen LogP contribution in [0.3, 0.4) is 0 Å². The Morgan fingerprint density at radius 3 is 2.28 bits per heavy atom. The van der Waals surface area contributed by atoms with Gasteiger partial charge in [0.2, 0.25) is 0 Å². The van der Waals surface area contributed by atoms with E-state index in [2.05, 4.69) is 0 Å². The highest BCUT2D eigenvalue weighted by molar-refractivity contribution is 6.30. The first kappa shape index (κ1) is 15.5. The monoisotopic (exact) mass is 303 g/mol. The number of benzene rings is 1. The Bertz CT molecular complexity index is 443. The Balaban J connectivity index is 0.00000162. The molecule has 0 spiro atoms. The number of rotatable bonds is 2. The molecule has 7 heteroatoms.